The predicted octanol–water partition coefficient (Wildman–Crippen LogP) is 3.76. The van der Waals surface area contributed by atoms with Gasteiger partial charge in [-0.3, -0.25) is 0 Å². The Bertz CT molecular complexity index is 131. The third-order valence-electron chi connectivity index (χ3n) is 3.52. The summed E-state index contributed by atoms with van der Waals surface area (Å²) in [7, 11) is 1.17. The van der Waals surface area contributed by atoms with Gasteiger partial charge < -0.3 is 0 Å². The Kier molecular flexibility index (Phi) is 4.03. The Morgan fingerprint density at radius 1 is 1.25 bits per heavy atom. The molecule has 0 nitrogen and oxygen atoms in total. The van der Waals surface area contributed by atoms with Crippen LogP contribution in [0.5, 0.6) is 0 Å². The van der Waals surface area contributed by atoms with Gasteiger partial charge in [-0.05, 0) is 49.3 Å². The van der Waals surface area contributed by atoms with Crippen LogP contribution < -0.4 is 0 Å². The molecule has 0 saturated heterocycles. The van der Waals surface area contributed by atoms with E-state index in [1.54, 1.807) is 0 Å². The van der Waals surface area contributed by atoms with Crippen LogP contribution in [0.1, 0.15) is 40.0 Å². The van der Waals surface area contributed by atoms with Crippen molar-refractivity contribution in [3.05, 3.63) is 0 Å². The van der Waals surface area contributed by atoms with Crippen LogP contribution in [0, 0.1) is 17.8 Å². The van der Waals surface area contributed by atoms with Crippen LogP contribution >= 0.6 is 8.58 Å². The highest BCUT2D eigenvalue weighted by molar-refractivity contribution is 7.37. The molecule has 0 spiro atoms. The van der Waals surface area contributed by atoms with E-state index >= 15 is 0 Å². The van der Waals surface area contributed by atoms with Crippen molar-refractivity contribution >= 4 is 8.58 Å². The third kappa shape index (κ3) is 2.46. The van der Waals surface area contributed by atoms with E-state index in [0.717, 1.165) is 23.4 Å². The van der Waals surface area contributed by atoms with Crippen molar-refractivity contribution < 1.29 is 0 Å². The molecule has 72 valence electrons. The summed E-state index contributed by atoms with van der Waals surface area (Å²) in [6.45, 7) is 9.59. The molecule has 0 aromatic rings. The lowest BCUT2D eigenvalue weighted by Gasteiger charge is -2.35. The maximum absolute atomic E-state index is 2.45. The van der Waals surface area contributed by atoms with Crippen molar-refractivity contribution in [2.24, 2.45) is 17.8 Å². The Labute approximate surface area is 79.3 Å². The molecule has 0 radical (unpaired) electrons. The average molecular weight is 186 g/mol. The molecule has 1 aliphatic carbocycles. The third-order valence-corrected chi connectivity index (χ3v) is 5.12. The first kappa shape index (κ1) is 10.5. The van der Waals surface area contributed by atoms with Gasteiger partial charge in [0.1, 0.15) is 0 Å². The molecule has 0 bridgehead atoms. The fourth-order valence-corrected chi connectivity index (χ4v) is 3.63. The summed E-state index contributed by atoms with van der Waals surface area (Å²) in [4.78, 5) is 0. The predicted molar refractivity (Wildman–Crippen MR) is 59.4 cm³/mol. The molecule has 1 heteroatoms. The molecular formula is C11H23P. The van der Waals surface area contributed by atoms with Gasteiger partial charge in [-0.25, -0.2) is 0 Å². The quantitative estimate of drug-likeness (QED) is 0.576. The van der Waals surface area contributed by atoms with Crippen molar-refractivity contribution in [3.8, 4) is 0 Å². The molecule has 1 fully saturated rings. The van der Waals surface area contributed by atoms with Gasteiger partial charge in [-0.1, -0.05) is 20.8 Å². The molecule has 0 aliphatic heterocycles. The van der Waals surface area contributed by atoms with Gasteiger partial charge in [-0.15, -0.1) is 8.58 Å². The lowest BCUT2D eigenvalue weighted by atomic mass is 9.77. The summed E-state index contributed by atoms with van der Waals surface area (Å²) in [6, 6.07) is 0. The molecule has 4 atom stereocenters. The van der Waals surface area contributed by atoms with E-state index in [4.69, 9.17) is 0 Å². The van der Waals surface area contributed by atoms with Crippen LogP contribution in [0.3, 0.4) is 0 Å². The molecular weight excluding hydrogens is 163 g/mol. The summed E-state index contributed by atoms with van der Waals surface area (Å²) in [5, 5.41) is 0. The first-order valence-corrected chi connectivity index (χ1v) is 6.90. The topological polar surface area (TPSA) is 0 Å². The highest BCUT2D eigenvalue weighted by Crippen LogP contribution is 2.40. The molecule has 0 heterocycles. The second-order valence-corrected chi connectivity index (χ2v) is 6.01. The van der Waals surface area contributed by atoms with E-state index < -0.39 is 0 Å². The largest absolute Gasteiger partial charge is 0.122 e. The van der Waals surface area contributed by atoms with Crippen LogP contribution in [-0.2, 0) is 0 Å². The van der Waals surface area contributed by atoms with Crippen LogP contribution in [-0.4, -0.2) is 12.3 Å². The zero-order chi connectivity index (χ0) is 9.14. The SMILES string of the molecule is CPC1CCC(C(C)C)CC1C. The van der Waals surface area contributed by atoms with Crippen molar-refractivity contribution in [1.29, 1.82) is 0 Å². The molecule has 1 aliphatic rings. The number of hydrogen-bond acceptors (Lipinski definition) is 0. The summed E-state index contributed by atoms with van der Waals surface area (Å²) < 4.78 is 0. The molecule has 4 unspecified atom stereocenters. The van der Waals surface area contributed by atoms with Gasteiger partial charge in [0, 0.05) is 0 Å². The van der Waals surface area contributed by atoms with Gasteiger partial charge >= 0.3 is 0 Å². The monoisotopic (exact) mass is 186 g/mol. The van der Waals surface area contributed by atoms with Crippen molar-refractivity contribution in [1.82, 2.24) is 0 Å². The minimum Gasteiger partial charge on any atom is -0.122 e. The lowest BCUT2D eigenvalue weighted by Crippen LogP contribution is -2.26. The van der Waals surface area contributed by atoms with Crippen molar-refractivity contribution in [2.45, 2.75) is 45.7 Å². The van der Waals surface area contributed by atoms with Gasteiger partial charge in [0.15, 0.2) is 0 Å². The van der Waals surface area contributed by atoms with E-state index in [0.29, 0.717) is 0 Å². The number of rotatable bonds is 2. The summed E-state index contributed by atoms with van der Waals surface area (Å²) in [5.74, 6) is 2.93. The van der Waals surface area contributed by atoms with Crippen LogP contribution in [0.15, 0.2) is 0 Å². The fourth-order valence-electron chi connectivity index (χ4n) is 2.47. The van der Waals surface area contributed by atoms with Crippen LogP contribution in [0.25, 0.3) is 0 Å². The maximum Gasteiger partial charge on any atom is -0.0213 e. The first-order chi connectivity index (χ1) is 5.65. The normalized spacial score (nSPS) is 38.2. The molecule has 1 rings (SSSR count). The minimum absolute atomic E-state index is 0.911. The zero-order valence-electron chi connectivity index (χ0n) is 8.93. The average Bonchev–Trinajstić information content (AvgIpc) is 2.04. The van der Waals surface area contributed by atoms with Gasteiger partial charge in [0.25, 0.3) is 0 Å². The summed E-state index contributed by atoms with van der Waals surface area (Å²) in [6.07, 6.45) is 4.48. The molecule has 0 amide bonds. The Morgan fingerprint density at radius 2 is 1.92 bits per heavy atom. The fraction of sp³-hybridized carbons (Fsp3) is 1.00. The number of hydrogen-bond donors (Lipinski definition) is 0. The van der Waals surface area contributed by atoms with E-state index in [9.17, 15) is 0 Å². The zero-order valence-corrected chi connectivity index (χ0v) is 9.93. The van der Waals surface area contributed by atoms with E-state index in [-0.39, 0.29) is 0 Å². The lowest BCUT2D eigenvalue weighted by molar-refractivity contribution is 0.231. The van der Waals surface area contributed by atoms with E-state index in [1.807, 2.05) is 0 Å². The second-order valence-electron chi connectivity index (χ2n) is 4.69. The Balaban J connectivity index is 2.40. The molecule has 0 aromatic heterocycles. The highest BCUT2D eigenvalue weighted by Gasteiger charge is 2.27. The highest BCUT2D eigenvalue weighted by atomic mass is 31.1. The molecule has 12 heavy (non-hydrogen) atoms. The Morgan fingerprint density at radius 3 is 2.33 bits per heavy atom. The Hall–Kier alpha value is 0.430. The smallest absolute Gasteiger partial charge is 0.0213 e. The molecule has 1 saturated carbocycles. The maximum atomic E-state index is 2.45. The van der Waals surface area contributed by atoms with E-state index in [1.165, 1.54) is 27.8 Å². The van der Waals surface area contributed by atoms with E-state index in [2.05, 4.69) is 27.4 Å². The standard InChI is InChI=1S/C11H23P/c1-8(2)10-5-6-11(12-4)9(3)7-10/h8-12H,5-7H2,1-4H3. The van der Waals surface area contributed by atoms with Crippen molar-refractivity contribution in [3.63, 3.8) is 0 Å². The first-order valence-electron chi connectivity index (χ1n) is 5.32. The van der Waals surface area contributed by atoms with Crippen LogP contribution in [0.4, 0.5) is 0 Å². The van der Waals surface area contributed by atoms with Crippen LogP contribution in [0.2, 0.25) is 0 Å². The summed E-state index contributed by atoms with van der Waals surface area (Å²) >= 11 is 0. The molecule has 0 N–H and O–H groups in total. The summed E-state index contributed by atoms with van der Waals surface area (Å²) in [5.41, 5.74) is 1.06. The van der Waals surface area contributed by atoms with Gasteiger partial charge in [0.05, 0.1) is 0 Å². The second kappa shape index (κ2) is 4.61. The van der Waals surface area contributed by atoms with Crippen molar-refractivity contribution in [2.75, 3.05) is 6.66 Å². The van der Waals surface area contributed by atoms with Gasteiger partial charge in [0.2, 0.25) is 0 Å². The molecule has 0 aromatic carbocycles. The minimum atomic E-state index is 0.911. The van der Waals surface area contributed by atoms with Gasteiger partial charge in [-0.2, -0.15) is 0 Å².